The van der Waals surface area contributed by atoms with E-state index in [4.69, 9.17) is 23.7 Å². The summed E-state index contributed by atoms with van der Waals surface area (Å²) in [4.78, 5) is 0. The summed E-state index contributed by atoms with van der Waals surface area (Å²) in [6, 6.07) is 11.9. The topological polar surface area (TPSA) is 66.4 Å². The van der Waals surface area contributed by atoms with Crippen LogP contribution in [0.4, 0.5) is 0 Å². The van der Waals surface area contributed by atoms with Crippen LogP contribution < -0.4 is 18.9 Å². The molecular weight excluding hydrogens is 348 g/mol. The van der Waals surface area contributed by atoms with Crippen LogP contribution in [0.25, 0.3) is 0 Å². The Balaban J connectivity index is 1.49. The number of aliphatic hydroxyl groups is 1. The van der Waals surface area contributed by atoms with Gasteiger partial charge in [0, 0.05) is 5.92 Å². The molecule has 2 heterocycles. The molecule has 2 aliphatic heterocycles. The van der Waals surface area contributed by atoms with Gasteiger partial charge in [-0.2, -0.15) is 0 Å². The van der Waals surface area contributed by atoms with Crippen LogP contribution in [0.3, 0.4) is 0 Å². The van der Waals surface area contributed by atoms with Crippen molar-refractivity contribution in [1.29, 1.82) is 0 Å². The van der Waals surface area contributed by atoms with Gasteiger partial charge in [-0.15, -0.1) is 0 Å². The predicted octanol–water partition coefficient (Wildman–Crippen LogP) is 2.80. The molecule has 144 valence electrons. The molecule has 2 unspecified atom stereocenters. The average molecular weight is 372 g/mol. The second kappa shape index (κ2) is 7.66. The van der Waals surface area contributed by atoms with Gasteiger partial charge in [0.2, 0.25) is 6.79 Å². The van der Waals surface area contributed by atoms with E-state index < -0.39 is 6.29 Å². The molecule has 6 nitrogen and oxygen atoms in total. The highest BCUT2D eigenvalue weighted by Gasteiger charge is 2.36. The molecule has 0 saturated carbocycles. The Morgan fingerprint density at radius 1 is 0.926 bits per heavy atom. The van der Waals surface area contributed by atoms with E-state index >= 15 is 0 Å². The highest BCUT2D eigenvalue weighted by atomic mass is 16.7. The Hall–Kier alpha value is -2.44. The quantitative estimate of drug-likeness (QED) is 0.841. The van der Waals surface area contributed by atoms with Crippen LogP contribution in [-0.4, -0.2) is 39.0 Å². The molecule has 1 N–H and O–H groups in total. The first-order valence-electron chi connectivity index (χ1n) is 9.07. The van der Waals surface area contributed by atoms with Gasteiger partial charge in [0.15, 0.2) is 29.3 Å². The lowest BCUT2D eigenvalue weighted by Gasteiger charge is -2.21. The van der Waals surface area contributed by atoms with Crippen molar-refractivity contribution in [1.82, 2.24) is 0 Å². The molecular formula is C21H24O6. The molecule has 0 radical (unpaired) electrons. The van der Waals surface area contributed by atoms with Gasteiger partial charge in [0.1, 0.15) is 0 Å². The summed E-state index contributed by atoms with van der Waals surface area (Å²) in [5.74, 6) is 3.17. The molecule has 0 aliphatic carbocycles. The minimum atomic E-state index is -0.767. The lowest BCUT2D eigenvalue weighted by molar-refractivity contribution is -0.0820. The summed E-state index contributed by atoms with van der Waals surface area (Å²) >= 11 is 0. The maximum atomic E-state index is 10.4. The fraction of sp³-hybridized carbons (Fsp3) is 0.429. The van der Waals surface area contributed by atoms with E-state index in [0.717, 1.165) is 29.0 Å². The zero-order valence-electron chi connectivity index (χ0n) is 15.5. The summed E-state index contributed by atoms with van der Waals surface area (Å²) in [6.07, 6.45) is 0.750. The Morgan fingerprint density at radius 2 is 1.67 bits per heavy atom. The molecule has 4 rings (SSSR count). The van der Waals surface area contributed by atoms with Crippen molar-refractivity contribution < 1.29 is 28.8 Å². The standard InChI is InChI=1S/C21H24O6/c1-23-17-5-3-14(9-19(17)24-2)8-16-15(11-25-21(16)22)7-13-4-6-18-20(10-13)27-12-26-18/h3-6,9-10,15-16,21-22H,7-8,11-12H2,1-2H3/t15-,16?,21?/m0/s1. The fourth-order valence-corrected chi connectivity index (χ4v) is 3.83. The lowest BCUT2D eigenvalue weighted by Crippen LogP contribution is -2.24. The van der Waals surface area contributed by atoms with Crippen molar-refractivity contribution in [2.45, 2.75) is 19.1 Å². The second-order valence-electron chi connectivity index (χ2n) is 6.93. The lowest BCUT2D eigenvalue weighted by atomic mass is 9.84. The van der Waals surface area contributed by atoms with Crippen LogP contribution in [0, 0.1) is 11.8 Å². The Kier molecular flexibility index (Phi) is 5.09. The number of aliphatic hydroxyl groups excluding tert-OH is 1. The van der Waals surface area contributed by atoms with Crippen molar-refractivity contribution in [2.24, 2.45) is 11.8 Å². The van der Waals surface area contributed by atoms with E-state index in [-0.39, 0.29) is 18.6 Å². The van der Waals surface area contributed by atoms with Crippen molar-refractivity contribution in [3.63, 3.8) is 0 Å². The molecule has 6 heteroatoms. The van der Waals surface area contributed by atoms with E-state index in [1.165, 1.54) is 0 Å². The van der Waals surface area contributed by atoms with Crippen LogP contribution in [0.2, 0.25) is 0 Å². The maximum absolute atomic E-state index is 10.4. The summed E-state index contributed by atoms with van der Waals surface area (Å²) < 4.78 is 27.1. The minimum absolute atomic E-state index is 0.00789. The number of rotatable bonds is 6. The molecule has 0 spiro atoms. The van der Waals surface area contributed by atoms with Crippen molar-refractivity contribution >= 4 is 0 Å². The Labute approximate surface area is 158 Å². The number of benzene rings is 2. The third-order valence-corrected chi connectivity index (χ3v) is 5.31. The molecule has 0 aromatic heterocycles. The molecule has 2 aromatic rings. The number of methoxy groups -OCH3 is 2. The second-order valence-corrected chi connectivity index (χ2v) is 6.93. The predicted molar refractivity (Wildman–Crippen MR) is 98.5 cm³/mol. The minimum Gasteiger partial charge on any atom is -0.493 e. The van der Waals surface area contributed by atoms with Gasteiger partial charge in [0.25, 0.3) is 0 Å². The van der Waals surface area contributed by atoms with Crippen LogP contribution in [0.15, 0.2) is 36.4 Å². The highest BCUT2D eigenvalue weighted by molar-refractivity contribution is 5.45. The van der Waals surface area contributed by atoms with Crippen molar-refractivity contribution in [3.05, 3.63) is 47.5 Å². The van der Waals surface area contributed by atoms with Crippen molar-refractivity contribution in [2.75, 3.05) is 27.6 Å². The van der Waals surface area contributed by atoms with Crippen molar-refractivity contribution in [3.8, 4) is 23.0 Å². The number of fused-ring (bicyclic) bond motifs is 1. The monoisotopic (exact) mass is 372 g/mol. The molecule has 2 aromatic carbocycles. The third-order valence-electron chi connectivity index (χ3n) is 5.31. The summed E-state index contributed by atoms with van der Waals surface area (Å²) in [5, 5.41) is 10.4. The largest absolute Gasteiger partial charge is 0.493 e. The van der Waals surface area contributed by atoms with E-state index in [1.807, 2.05) is 36.4 Å². The van der Waals surface area contributed by atoms with Crippen LogP contribution in [-0.2, 0) is 17.6 Å². The molecule has 2 aliphatic rings. The number of ether oxygens (including phenoxy) is 5. The Morgan fingerprint density at radius 3 is 2.48 bits per heavy atom. The van der Waals surface area contributed by atoms with Gasteiger partial charge < -0.3 is 28.8 Å². The van der Waals surface area contributed by atoms with Crippen LogP contribution >= 0.6 is 0 Å². The van der Waals surface area contributed by atoms with Gasteiger partial charge in [-0.25, -0.2) is 0 Å². The molecule has 0 bridgehead atoms. The van der Waals surface area contributed by atoms with Gasteiger partial charge in [-0.1, -0.05) is 12.1 Å². The van der Waals surface area contributed by atoms with E-state index in [0.29, 0.717) is 24.5 Å². The zero-order chi connectivity index (χ0) is 18.8. The highest BCUT2D eigenvalue weighted by Crippen LogP contribution is 2.37. The molecule has 1 saturated heterocycles. The van der Waals surface area contributed by atoms with E-state index in [2.05, 4.69) is 0 Å². The Bertz CT molecular complexity index is 805. The molecule has 1 fully saturated rings. The summed E-state index contributed by atoms with van der Waals surface area (Å²) in [6.45, 7) is 0.805. The van der Waals surface area contributed by atoms with Gasteiger partial charge in [-0.3, -0.25) is 0 Å². The first-order valence-corrected chi connectivity index (χ1v) is 9.07. The number of hydrogen-bond acceptors (Lipinski definition) is 6. The van der Waals surface area contributed by atoms with Gasteiger partial charge >= 0.3 is 0 Å². The first kappa shape index (κ1) is 17.9. The van der Waals surface area contributed by atoms with E-state index in [1.54, 1.807) is 14.2 Å². The molecule has 0 amide bonds. The zero-order valence-corrected chi connectivity index (χ0v) is 15.5. The number of hydrogen-bond donors (Lipinski definition) is 1. The molecule has 3 atom stereocenters. The SMILES string of the molecule is COc1ccc(CC2C(O)OC[C@@H]2Cc2ccc3c(c2)OCO3)cc1OC. The first-order chi connectivity index (χ1) is 13.2. The van der Waals surface area contributed by atoms with Gasteiger partial charge in [-0.05, 0) is 54.2 Å². The smallest absolute Gasteiger partial charge is 0.231 e. The maximum Gasteiger partial charge on any atom is 0.231 e. The normalized spacial score (nSPS) is 23.4. The van der Waals surface area contributed by atoms with E-state index in [9.17, 15) is 5.11 Å². The summed E-state index contributed by atoms with van der Waals surface area (Å²) in [7, 11) is 3.24. The average Bonchev–Trinajstić information content (AvgIpc) is 3.29. The third kappa shape index (κ3) is 3.68. The summed E-state index contributed by atoms with van der Waals surface area (Å²) in [5.41, 5.74) is 2.23. The fourth-order valence-electron chi connectivity index (χ4n) is 3.83. The van der Waals surface area contributed by atoms with Crippen LogP contribution in [0.5, 0.6) is 23.0 Å². The van der Waals surface area contributed by atoms with Gasteiger partial charge in [0.05, 0.1) is 20.8 Å². The molecule has 27 heavy (non-hydrogen) atoms. The van der Waals surface area contributed by atoms with Crippen LogP contribution in [0.1, 0.15) is 11.1 Å².